The van der Waals surface area contributed by atoms with Crippen LogP contribution in [0.4, 0.5) is 18.3 Å². The second kappa shape index (κ2) is 10.3. The first-order valence-electron chi connectivity index (χ1n) is 10.7. The summed E-state index contributed by atoms with van der Waals surface area (Å²) in [5.41, 5.74) is 1.75. The summed E-state index contributed by atoms with van der Waals surface area (Å²) >= 11 is 0.761. The van der Waals surface area contributed by atoms with Crippen LogP contribution in [0.5, 0.6) is 5.75 Å². The number of allylic oxidation sites excluding steroid dienone is 1. The molecule has 35 heavy (non-hydrogen) atoms. The zero-order valence-electron chi connectivity index (χ0n) is 18.9. The summed E-state index contributed by atoms with van der Waals surface area (Å²) in [5.74, 6) is -3.16. The minimum atomic E-state index is -4.42. The summed E-state index contributed by atoms with van der Waals surface area (Å²) < 4.78 is 79.4. The molecule has 1 heterocycles. The van der Waals surface area contributed by atoms with E-state index < -0.39 is 32.3 Å². The van der Waals surface area contributed by atoms with Gasteiger partial charge in [0.05, 0.1) is 6.61 Å². The Hall–Kier alpha value is -2.96. The monoisotopic (exact) mass is 524 g/mol. The molecular formula is C23H23F3N4O3S2. The number of hydrogen-bond donors (Lipinski definition) is 1. The minimum Gasteiger partial charge on any atom is -0.490 e. The van der Waals surface area contributed by atoms with E-state index in [4.69, 9.17) is 4.74 Å². The van der Waals surface area contributed by atoms with Gasteiger partial charge < -0.3 is 9.64 Å². The number of sulfonamides is 1. The van der Waals surface area contributed by atoms with Crippen molar-refractivity contribution in [2.75, 3.05) is 25.4 Å². The largest absolute Gasteiger partial charge is 0.490 e. The van der Waals surface area contributed by atoms with Gasteiger partial charge in [0.15, 0.2) is 11.6 Å². The highest BCUT2D eigenvalue weighted by Gasteiger charge is 2.32. The van der Waals surface area contributed by atoms with Crippen molar-refractivity contribution in [2.45, 2.75) is 23.8 Å². The molecular weight excluding hydrogens is 501 g/mol. The summed E-state index contributed by atoms with van der Waals surface area (Å²) in [4.78, 5) is 4.85. The van der Waals surface area contributed by atoms with Gasteiger partial charge in [-0.2, -0.15) is 4.37 Å². The van der Waals surface area contributed by atoms with Gasteiger partial charge in [-0.1, -0.05) is 18.2 Å². The third kappa shape index (κ3) is 5.65. The Kier molecular flexibility index (Phi) is 7.43. The van der Waals surface area contributed by atoms with Crippen molar-refractivity contribution in [3.63, 3.8) is 0 Å². The van der Waals surface area contributed by atoms with Crippen LogP contribution in [0.3, 0.4) is 0 Å². The fourth-order valence-corrected chi connectivity index (χ4v) is 5.89. The topological polar surface area (TPSA) is 84.4 Å². The number of aromatic nitrogens is 2. The fraction of sp³-hybridized carbons (Fsp3) is 0.304. The van der Waals surface area contributed by atoms with E-state index in [0.717, 1.165) is 47.9 Å². The molecule has 2 unspecified atom stereocenters. The van der Waals surface area contributed by atoms with Crippen LogP contribution in [0.2, 0.25) is 0 Å². The van der Waals surface area contributed by atoms with Gasteiger partial charge in [0, 0.05) is 35.6 Å². The van der Waals surface area contributed by atoms with Gasteiger partial charge >= 0.3 is 0 Å². The maximum Gasteiger partial charge on any atom is 0.266 e. The zero-order chi connectivity index (χ0) is 25.2. The van der Waals surface area contributed by atoms with Crippen LogP contribution in [-0.2, 0) is 10.0 Å². The van der Waals surface area contributed by atoms with Gasteiger partial charge in [0.2, 0.25) is 5.13 Å². The predicted molar refractivity (Wildman–Crippen MR) is 127 cm³/mol. The van der Waals surface area contributed by atoms with Crippen LogP contribution < -0.4 is 9.46 Å². The summed E-state index contributed by atoms with van der Waals surface area (Å²) in [7, 11) is -0.563. The van der Waals surface area contributed by atoms with E-state index in [9.17, 15) is 21.6 Å². The molecule has 12 heteroatoms. The molecule has 1 aliphatic rings. The molecule has 0 amide bonds. The van der Waals surface area contributed by atoms with Crippen molar-refractivity contribution in [1.82, 2.24) is 14.3 Å². The highest BCUT2D eigenvalue weighted by atomic mass is 32.2. The Labute approximate surface area is 205 Å². The molecule has 2 aromatic carbocycles. The molecule has 4 rings (SSSR count). The minimum absolute atomic E-state index is 0.0115. The van der Waals surface area contributed by atoms with Gasteiger partial charge in [-0.15, -0.1) is 0 Å². The van der Waals surface area contributed by atoms with Crippen LogP contribution >= 0.6 is 11.5 Å². The van der Waals surface area contributed by atoms with Crippen molar-refractivity contribution < 1.29 is 26.3 Å². The molecule has 0 saturated carbocycles. The normalized spacial score (nSPS) is 18.4. The van der Waals surface area contributed by atoms with E-state index in [1.54, 1.807) is 12.1 Å². The molecule has 1 N–H and O–H groups in total. The van der Waals surface area contributed by atoms with E-state index in [2.05, 4.69) is 14.1 Å². The van der Waals surface area contributed by atoms with Crippen LogP contribution in [0.15, 0.2) is 53.7 Å². The molecule has 1 aliphatic carbocycles. The average Bonchev–Trinajstić information content (AvgIpc) is 3.32. The first-order chi connectivity index (χ1) is 16.7. The maximum atomic E-state index is 14.8. The van der Waals surface area contributed by atoms with E-state index in [-0.39, 0.29) is 29.5 Å². The van der Waals surface area contributed by atoms with Crippen molar-refractivity contribution in [3.8, 4) is 5.75 Å². The third-order valence-electron chi connectivity index (χ3n) is 5.81. The Morgan fingerprint density at radius 3 is 2.54 bits per heavy atom. The molecule has 186 valence electrons. The average molecular weight is 525 g/mol. The van der Waals surface area contributed by atoms with E-state index in [0.29, 0.717) is 6.07 Å². The summed E-state index contributed by atoms with van der Waals surface area (Å²) in [6, 6.07) is 7.44. The van der Waals surface area contributed by atoms with Gasteiger partial charge in [0.1, 0.15) is 22.9 Å². The first kappa shape index (κ1) is 25.1. The van der Waals surface area contributed by atoms with Gasteiger partial charge in [0.25, 0.3) is 10.0 Å². The molecule has 0 aliphatic heterocycles. The van der Waals surface area contributed by atoms with Crippen LogP contribution in [-0.4, -0.2) is 49.4 Å². The van der Waals surface area contributed by atoms with Crippen molar-refractivity contribution in [1.29, 1.82) is 0 Å². The van der Waals surface area contributed by atoms with Crippen molar-refractivity contribution >= 4 is 32.3 Å². The molecule has 0 spiro atoms. The lowest BCUT2D eigenvalue weighted by Crippen LogP contribution is -2.40. The zero-order valence-corrected chi connectivity index (χ0v) is 20.5. The van der Waals surface area contributed by atoms with E-state index >= 15 is 0 Å². The molecule has 0 saturated heterocycles. The molecule has 3 aromatic rings. The molecule has 2 atom stereocenters. The fourth-order valence-electron chi connectivity index (χ4n) is 4.16. The summed E-state index contributed by atoms with van der Waals surface area (Å²) in [6.07, 6.45) is 4.82. The van der Waals surface area contributed by atoms with Gasteiger partial charge in [-0.05, 0) is 50.2 Å². The second-order valence-electron chi connectivity index (χ2n) is 8.26. The predicted octanol–water partition coefficient (Wildman–Crippen LogP) is 4.56. The Morgan fingerprint density at radius 1 is 1.14 bits per heavy atom. The van der Waals surface area contributed by atoms with Gasteiger partial charge in [-0.3, -0.25) is 4.72 Å². The maximum absolute atomic E-state index is 14.8. The Bertz CT molecular complexity index is 1310. The van der Waals surface area contributed by atoms with Crippen LogP contribution in [0.1, 0.15) is 18.4 Å². The van der Waals surface area contributed by atoms with Crippen molar-refractivity contribution in [2.24, 2.45) is 5.92 Å². The first-order valence-corrected chi connectivity index (χ1v) is 12.9. The number of ether oxygens (including phenoxy) is 1. The summed E-state index contributed by atoms with van der Waals surface area (Å²) in [6.45, 7) is 0.0115. The second-order valence-corrected chi connectivity index (χ2v) is 10.7. The van der Waals surface area contributed by atoms with E-state index in [1.165, 1.54) is 12.1 Å². The van der Waals surface area contributed by atoms with Gasteiger partial charge in [-0.25, -0.2) is 26.6 Å². The number of halogens is 3. The SMILES string of the molecule is CN(C)C1CCC=C(c2ccc(F)cc2)C1COc1cc(F)c(S(=O)(=O)Nc2ncns2)cc1F. The summed E-state index contributed by atoms with van der Waals surface area (Å²) in [5, 5.41) is -0.0720. The lowest BCUT2D eigenvalue weighted by Gasteiger charge is -2.37. The van der Waals surface area contributed by atoms with Crippen LogP contribution in [0, 0.1) is 23.4 Å². The molecule has 0 bridgehead atoms. The number of rotatable bonds is 8. The number of hydrogen-bond acceptors (Lipinski definition) is 7. The number of nitrogens with one attached hydrogen (secondary N) is 1. The lowest BCUT2D eigenvalue weighted by molar-refractivity contribution is 0.164. The quantitative estimate of drug-likeness (QED) is 0.465. The molecule has 1 aromatic heterocycles. The molecule has 0 fully saturated rings. The standard InChI is InChI=1S/C23H23F3N4O3S2/c1-30(2)20-5-3-4-16(14-6-8-15(24)9-7-14)17(20)12-33-21-10-19(26)22(11-18(21)25)35(31,32)29-23-27-13-28-34-23/h4,6-11,13,17,20H,3,5,12H2,1-2H3,(H,27,28,29). The smallest absolute Gasteiger partial charge is 0.266 e. The highest BCUT2D eigenvalue weighted by Crippen LogP contribution is 2.36. The van der Waals surface area contributed by atoms with Crippen LogP contribution in [0.25, 0.3) is 5.57 Å². The van der Waals surface area contributed by atoms with Crippen molar-refractivity contribution in [3.05, 3.63) is 71.8 Å². The lowest BCUT2D eigenvalue weighted by atomic mass is 9.80. The Balaban J connectivity index is 1.58. The third-order valence-corrected chi connectivity index (χ3v) is 7.87. The Morgan fingerprint density at radius 2 is 1.89 bits per heavy atom. The molecule has 7 nitrogen and oxygen atoms in total. The number of anilines is 1. The number of nitrogens with zero attached hydrogens (tertiary/aromatic N) is 3. The van der Waals surface area contributed by atoms with E-state index in [1.807, 2.05) is 25.1 Å². The number of benzene rings is 2. The highest BCUT2D eigenvalue weighted by molar-refractivity contribution is 7.93. The molecule has 0 radical (unpaired) electrons.